The highest BCUT2D eigenvalue weighted by Gasteiger charge is 1.99. The quantitative estimate of drug-likeness (QED) is 0.565. The summed E-state index contributed by atoms with van der Waals surface area (Å²) >= 11 is 0. The second-order valence-electron chi connectivity index (χ2n) is 3.73. The van der Waals surface area contributed by atoms with E-state index in [0.717, 1.165) is 19.3 Å². The molecular formula is C13H19NO2. The normalized spacial score (nSPS) is 10.1. The summed E-state index contributed by atoms with van der Waals surface area (Å²) in [6.07, 6.45) is 3.59. The topological polar surface area (TPSA) is 38.3 Å². The number of unbranched alkanes of at least 4 members (excludes halogenated alkanes) is 1. The van der Waals surface area contributed by atoms with E-state index in [1.807, 2.05) is 18.2 Å². The van der Waals surface area contributed by atoms with Gasteiger partial charge in [0.2, 0.25) is 5.91 Å². The highest BCUT2D eigenvalue weighted by molar-refractivity contribution is 5.75. The van der Waals surface area contributed by atoms with E-state index in [0.29, 0.717) is 13.2 Å². The second-order valence-corrected chi connectivity index (χ2v) is 3.73. The Morgan fingerprint density at radius 3 is 2.69 bits per heavy atom. The smallest absolute Gasteiger partial charge is 0.221 e. The highest BCUT2D eigenvalue weighted by Crippen LogP contribution is 2.05. The molecule has 0 atom stereocenters. The van der Waals surface area contributed by atoms with Gasteiger partial charge in [-0.3, -0.25) is 4.79 Å². The summed E-state index contributed by atoms with van der Waals surface area (Å²) in [6, 6.07) is 10.3. The molecule has 1 aromatic rings. The summed E-state index contributed by atoms with van der Waals surface area (Å²) in [7, 11) is 1.57. The van der Waals surface area contributed by atoms with Crippen LogP contribution in [-0.4, -0.2) is 19.7 Å². The molecule has 0 aromatic heterocycles. The monoisotopic (exact) mass is 221 g/mol. The first-order valence-electron chi connectivity index (χ1n) is 5.62. The van der Waals surface area contributed by atoms with Crippen LogP contribution in [0.1, 0.15) is 24.8 Å². The molecule has 1 aromatic carbocycles. The van der Waals surface area contributed by atoms with Gasteiger partial charge in [-0.15, -0.1) is 0 Å². The zero-order chi connectivity index (χ0) is 11.6. The molecule has 0 heterocycles. The molecule has 0 bridgehead atoms. The predicted molar refractivity (Wildman–Crippen MR) is 64.0 cm³/mol. The zero-order valence-electron chi connectivity index (χ0n) is 9.74. The van der Waals surface area contributed by atoms with Gasteiger partial charge in [-0.1, -0.05) is 30.3 Å². The molecule has 0 aliphatic carbocycles. The number of rotatable bonds is 7. The minimum atomic E-state index is 0.0647. The fourth-order valence-corrected chi connectivity index (χ4v) is 1.50. The van der Waals surface area contributed by atoms with Crippen molar-refractivity contribution in [2.45, 2.75) is 25.7 Å². The van der Waals surface area contributed by atoms with E-state index in [2.05, 4.69) is 17.4 Å². The Hall–Kier alpha value is -1.35. The summed E-state index contributed by atoms with van der Waals surface area (Å²) in [5.74, 6) is 0.0647. The second kappa shape index (κ2) is 7.88. The van der Waals surface area contributed by atoms with Crippen LogP contribution in [0.2, 0.25) is 0 Å². The standard InChI is InChI=1S/C13H19NO2/c1-16-11-14-13(15)10-6-5-9-12-7-3-2-4-8-12/h2-4,7-8H,5-6,9-11H2,1H3,(H,14,15). The number of benzene rings is 1. The van der Waals surface area contributed by atoms with Crippen LogP contribution in [0.3, 0.4) is 0 Å². The van der Waals surface area contributed by atoms with Crippen molar-refractivity contribution in [1.82, 2.24) is 5.32 Å². The fourth-order valence-electron chi connectivity index (χ4n) is 1.50. The van der Waals surface area contributed by atoms with Crippen molar-refractivity contribution in [2.24, 2.45) is 0 Å². The number of aryl methyl sites for hydroxylation is 1. The van der Waals surface area contributed by atoms with Gasteiger partial charge in [-0.25, -0.2) is 0 Å². The van der Waals surface area contributed by atoms with Crippen LogP contribution < -0.4 is 5.32 Å². The number of carbonyl (C=O) groups excluding carboxylic acids is 1. The first kappa shape index (κ1) is 12.7. The molecule has 0 spiro atoms. The van der Waals surface area contributed by atoms with Crippen LogP contribution in [-0.2, 0) is 16.0 Å². The van der Waals surface area contributed by atoms with Gasteiger partial charge in [-0.2, -0.15) is 0 Å². The molecule has 16 heavy (non-hydrogen) atoms. The summed E-state index contributed by atoms with van der Waals surface area (Å²) < 4.78 is 4.76. The van der Waals surface area contributed by atoms with Gasteiger partial charge in [0.1, 0.15) is 6.73 Å². The Labute approximate surface area is 96.8 Å². The van der Waals surface area contributed by atoms with E-state index in [-0.39, 0.29) is 5.91 Å². The SMILES string of the molecule is COCNC(=O)CCCCc1ccccc1. The third kappa shape index (κ3) is 5.51. The Morgan fingerprint density at radius 1 is 1.25 bits per heavy atom. The Kier molecular flexibility index (Phi) is 6.26. The Balaban J connectivity index is 2.06. The molecule has 0 radical (unpaired) electrons. The molecule has 1 rings (SSSR count). The minimum absolute atomic E-state index is 0.0647. The van der Waals surface area contributed by atoms with Crippen molar-refractivity contribution >= 4 is 5.91 Å². The molecular weight excluding hydrogens is 202 g/mol. The molecule has 0 aliphatic heterocycles. The zero-order valence-corrected chi connectivity index (χ0v) is 9.74. The first-order valence-corrected chi connectivity index (χ1v) is 5.62. The lowest BCUT2D eigenvalue weighted by molar-refractivity contribution is -0.122. The van der Waals surface area contributed by atoms with Crippen molar-refractivity contribution in [2.75, 3.05) is 13.8 Å². The molecule has 88 valence electrons. The van der Waals surface area contributed by atoms with Crippen LogP contribution in [0.25, 0.3) is 0 Å². The van der Waals surface area contributed by atoms with Crippen LogP contribution >= 0.6 is 0 Å². The predicted octanol–water partition coefficient (Wildman–Crippen LogP) is 2.12. The maximum absolute atomic E-state index is 11.2. The number of nitrogens with one attached hydrogen (secondary N) is 1. The van der Waals surface area contributed by atoms with E-state index >= 15 is 0 Å². The van der Waals surface area contributed by atoms with Gasteiger partial charge in [-0.05, 0) is 24.8 Å². The molecule has 3 nitrogen and oxygen atoms in total. The van der Waals surface area contributed by atoms with Gasteiger partial charge in [0, 0.05) is 13.5 Å². The van der Waals surface area contributed by atoms with Gasteiger partial charge in [0.05, 0.1) is 0 Å². The minimum Gasteiger partial charge on any atom is -0.364 e. The van der Waals surface area contributed by atoms with E-state index in [9.17, 15) is 4.79 Å². The van der Waals surface area contributed by atoms with E-state index < -0.39 is 0 Å². The van der Waals surface area contributed by atoms with Crippen LogP contribution in [0.15, 0.2) is 30.3 Å². The lowest BCUT2D eigenvalue weighted by atomic mass is 10.1. The van der Waals surface area contributed by atoms with Crippen LogP contribution in [0.4, 0.5) is 0 Å². The summed E-state index contributed by atoms with van der Waals surface area (Å²) in [5.41, 5.74) is 1.33. The molecule has 3 heteroatoms. The molecule has 0 aliphatic rings. The number of ether oxygens (including phenoxy) is 1. The van der Waals surface area contributed by atoms with Crippen molar-refractivity contribution in [3.63, 3.8) is 0 Å². The molecule has 0 saturated carbocycles. The molecule has 0 unspecified atom stereocenters. The van der Waals surface area contributed by atoms with Crippen LogP contribution in [0, 0.1) is 0 Å². The number of hydrogen-bond acceptors (Lipinski definition) is 2. The average molecular weight is 221 g/mol. The van der Waals surface area contributed by atoms with Crippen molar-refractivity contribution in [3.8, 4) is 0 Å². The first-order chi connectivity index (χ1) is 7.83. The lowest BCUT2D eigenvalue weighted by Gasteiger charge is -2.03. The molecule has 1 N–H and O–H groups in total. The maximum Gasteiger partial charge on any atom is 0.221 e. The number of amides is 1. The fraction of sp³-hybridized carbons (Fsp3) is 0.462. The highest BCUT2D eigenvalue weighted by atomic mass is 16.5. The molecule has 0 fully saturated rings. The third-order valence-corrected chi connectivity index (χ3v) is 2.38. The number of methoxy groups -OCH3 is 1. The van der Waals surface area contributed by atoms with Crippen LogP contribution in [0.5, 0.6) is 0 Å². The van der Waals surface area contributed by atoms with Gasteiger partial charge < -0.3 is 10.1 Å². The van der Waals surface area contributed by atoms with Gasteiger partial charge in [0.15, 0.2) is 0 Å². The molecule has 0 saturated heterocycles. The third-order valence-electron chi connectivity index (χ3n) is 2.38. The van der Waals surface area contributed by atoms with E-state index in [1.54, 1.807) is 7.11 Å². The Morgan fingerprint density at radius 2 is 2.00 bits per heavy atom. The number of carbonyl (C=O) groups is 1. The van der Waals surface area contributed by atoms with Crippen molar-refractivity contribution < 1.29 is 9.53 Å². The van der Waals surface area contributed by atoms with E-state index in [1.165, 1.54) is 5.56 Å². The summed E-state index contributed by atoms with van der Waals surface area (Å²) in [5, 5.41) is 2.67. The maximum atomic E-state index is 11.2. The van der Waals surface area contributed by atoms with Crippen molar-refractivity contribution in [1.29, 1.82) is 0 Å². The van der Waals surface area contributed by atoms with Crippen molar-refractivity contribution in [3.05, 3.63) is 35.9 Å². The summed E-state index contributed by atoms with van der Waals surface area (Å²) in [4.78, 5) is 11.2. The number of hydrogen-bond donors (Lipinski definition) is 1. The van der Waals surface area contributed by atoms with Gasteiger partial charge >= 0.3 is 0 Å². The largest absolute Gasteiger partial charge is 0.364 e. The lowest BCUT2D eigenvalue weighted by Crippen LogP contribution is -2.24. The summed E-state index contributed by atoms with van der Waals surface area (Å²) in [6.45, 7) is 0.303. The average Bonchev–Trinajstić information content (AvgIpc) is 2.33. The molecule has 1 amide bonds. The Bertz CT molecular complexity index is 298. The van der Waals surface area contributed by atoms with E-state index in [4.69, 9.17) is 4.74 Å². The van der Waals surface area contributed by atoms with Gasteiger partial charge in [0.25, 0.3) is 0 Å².